The Morgan fingerprint density at radius 3 is 2.60 bits per heavy atom. The Labute approximate surface area is 180 Å². The topological polar surface area (TPSA) is 70.4 Å². The zero-order chi connectivity index (χ0) is 21.7. The van der Waals surface area contributed by atoms with Gasteiger partial charge in [0.2, 0.25) is 0 Å². The molecule has 0 N–H and O–H groups in total. The first-order valence-corrected chi connectivity index (χ1v) is 12.0. The fourth-order valence-corrected chi connectivity index (χ4v) is 4.99. The highest BCUT2D eigenvalue weighted by Gasteiger charge is 2.29. The summed E-state index contributed by atoms with van der Waals surface area (Å²) in [5, 5.41) is 8.61. The molecule has 1 aliphatic heterocycles. The first-order valence-electron chi connectivity index (χ1n) is 10.5. The van der Waals surface area contributed by atoms with Crippen LogP contribution in [0.25, 0.3) is 0 Å². The predicted molar refractivity (Wildman–Crippen MR) is 118 cm³/mol. The minimum Gasteiger partial charge on any atom is -0.493 e. The molecule has 2 atom stereocenters. The van der Waals surface area contributed by atoms with Crippen LogP contribution >= 0.6 is 0 Å². The molecular formula is C24H30N2O3S. The first kappa shape index (κ1) is 22.3. The van der Waals surface area contributed by atoms with Crippen molar-refractivity contribution in [3.05, 3.63) is 59.7 Å². The lowest BCUT2D eigenvalue weighted by molar-refractivity contribution is 0.234. The van der Waals surface area contributed by atoms with Crippen molar-refractivity contribution in [1.82, 2.24) is 4.90 Å². The number of nitrogens with zero attached hydrogens (tertiary/aromatic N) is 2. The number of likely N-dealkylation sites (tertiary alicyclic amines) is 1. The van der Waals surface area contributed by atoms with Crippen LogP contribution in [0.1, 0.15) is 38.3 Å². The number of nitriles is 1. The van der Waals surface area contributed by atoms with Crippen molar-refractivity contribution in [3.63, 3.8) is 0 Å². The smallest absolute Gasteiger partial charge is 0.180 e. The lowest BCUT2D eigenvalue weighted by Gasteiger charge is -2.21. The van der Waals surface area contributed by atoms with Crippen LogP contribution in [0.15, 0.2) is 53.4 Å². The summed E-state index contributed by atoms with van der Waals surface area (Å²) in [7, 11) is -3.25. The molecule has 0 amide bonds. The molecule has 0 unspecified atom stereocenters. The van der Waals surface area contributed by atoms with E-state index in [1.165, 1.54) is 5.56 Å². The summed E-state index contributed by atoms with van der Waals surface area (Å²) >= 11 is 0. The molecular weight excluding hydrogens is 396 g/mol. The normalized spacial score (nSPS) is 19.7. The van der Waals surface area contributed by atoms with Crippen molar-refractivity contribution >= 4 is 9.84 Å². The van der Waals surface area contributed by atoms with Crippen molar-refractivity contribution in [2.75, 3.05) is 19.7 Å². The number of hydrogen-bond donors (Lipinski definition) is 0. The van der Waals surface area contributed by atoms with E-state index in [2.05, 4.69) is 24.0 Å². The summed E-state index contributed by atoms with van der Waals surface area (Å²) in [6.45, 7) is 8.20. The number of ether oxygens (including phenoxy) is 1. The van der Waals surface area contributed by atoms with Gasteiger partial charge in [0.1, 0.15) is 5.75 Å². The number of hydrogen-bond acceptors (Lipinski definition) is 5. The predicted octanol–water partition coefficient (Wildman–Crippen LogP) is 4.07. The van der Waals surface area contributed by atoms with Gasteiger partial charge in [-0.2, -0.15) is 5.26 Å². The fourth-order valence-electron chi connectivity index (χ4n) is 3.93. The van der Waals surface area contributed by atoms with Crippen molar-refractivity contribution in [2.24, 2.45) is 5.92 Å². The maximum Gasteiger partial charge on any atom is 0.180 e. The highest BCUT2D eigenvalue weighted by atomic mass is 32.2. The summed E-state index contributed by atoms with van der Waals surface area (Å²) in [5.41, 5.74) is 1.90. The molecule has 2 aromatic carbocycles. The molecule has 160 valence electrons. The summed E-state index contributed by atoms with van der Waals surface area (Å²) in [4.78, 5) is 2.82. The largest absolute Gasteiger partial charge is 0.493 e. The highest BCUT2D eigenvalue weighted by Crippen LogP contribution is 2.25. The van der Waals surface area contributed by atoms with Gasteiger partial charge < -0.3 is 4.74 Å². The Morgan fingerprint density at radius 1 is 1.20 bits per heavy atom. The van der Waals surface area contributed by atoms with E-state index < -0.39 is 15.1 Å². The van der Waals surface area contributed by atoms with Crippen LogP contribution in [0, 0.1) is 17.2 Å². The molecule has 1 heterocycles. The van der Waals surface area contributed by atoms with E-state index in [0.717, 1.165) is 25.9 Å². The summed E-state index contributed by atoms with van der Waals surface area (Å²) < 4.78 is 30.4. The second-order valence-corrected chi connectivity index (χ2v) is 10.9. The summed E-state index contributed by atoms with van der Waals surface area (Å²) in [6.07, 6.45) is 2.01. The van der Waals surface area contributed by atoms with E-state index in [1.54, 1.807) is 38.1 Å². The molecule has 0 bridgehead atoms. The molecule has 5 nitrogen and oxygen atoms in total. The number of sulfone groups is 1. The van der Waals surface area contributed by atoms with Gasteiger partial charge in [0.05, 0.1) is 28.4 Å². The van der Waals surface area contributed by atoms with E-state index in [-0.39, 0.29) is 0 Å². The third kappa shape index (κ3) is 5.41. The summed E-state index contributed by atoms with van der Waals surface area (Å²) in [5.74, 6) is 1.15. The van der Waals surface area contributed by atoms with Crippen molar-refractivity contribution < 1.29 is 13.2 Å². The molecule has 0 aliphatic carbocycles. The van der Waals surface area contributed by atoms with Gasteiger partial charge in [-0.05, 0) is 75.6 Å². The van der Waals surface area contributed by atoms with Gasteiger partial charge in [-0.3, -0.25) is 4.90 Å². The molecule has 1 aliphatic rings. The standard InChI is InChI=1S/C24H30N2O3S/c1-18(2)30(27,28)24-9-7-23(8-10-24)29-17-22-13-19(3)26(16-22)12-11-20-5-4-6-21(14-20)15-25/h4-10,14,18-19,22H,11-13,16-17H2,1-3H3/t19-,22+/m1/s1. The molecule has 3 rings (SSSR count). The monoisotopic (exact) mass is 426 g/mol. The van der Waals surface area contributed by atoms with Crippen molar-refractivity contribution in [2.45, 2.75) is 49.8 Å². The molecule has 0 saturated carbocycles. The zero-order valence-corrected chi connectivity index (χ0v) is 18.7. The van der Waals surface area contributed by atoms with Gasteiger partial charge >= 0.3 is 0 Å². The van der Waals surface area contributed by atoms with Gasteiger partial charge in [0.25, 0.3) is 0 Å². The van der Waals surface area contributed by atoms with Gasteiger partial charge in [0.15, 0.2) is 9.84 Å². The Morgan fingerprint density at radius 2 is 1.93 bits per heavy atom. The van der Waals surface area contributed by atoms with Crippen LogP contribution in [0.2, 0.25) is 0 Å². The maximum absolute atomic E-state index is 12.2. The van der Waals surface area contributed by atoms with E-state index in [0.29, 0.717) is 34.8 Å². The second-order valence-electron chi connectivity index (χ2n) is 8.38. The maximum atomic E-state index is 12.2. The zero-order valence-electron chi connectivity index (χ0n) is 17.9. The van der Waals surface area contributed by atoms with E-state index in [4.69, 9.17) is 10.00 Å². The number of benzene rings is 2. The molecule has 6 heteroatoms. The first-order chi connectivity index (χ1) is 14.3. The summed E-state index contributed by atoms with van der Waals surface area (Å²) in [6, 6.07) is 17.2. The molecule has 0 aromatic heterocycles. The Bertz CT molecular complexity index is 994. The lowest BCUT2D eigenvalue weighted by atomic mass is 10.1. The minimum atomic E-state index is -3.25. The van der Waals surface area contributed by atoms with Gasteiger partial charge in [0, 0.05) is 25.0 Å². The average Bonchev–Trinajstić information content (AvgIpc) is 3.10. The minimum absolute atomic E-state index is 0.339. The van der Waals surface area contributed by atoms with Crippen LogP contribution in [0.5, 0.6) is 5.75 Å². The molecule has 1 fully saturated rings. The van der Waals surface area contributed by atoms with E-state index in [9.17, 15) is 8.42 Å². The Hall–Kier alpha value is -2.36. The molecule has 2 aromatic rings. The van der Waals surface area contributed by atoms with Crippen LogP contribution in [0.4, 0.5) is 0 Å². The van der Waals surface area contributed by atoms with Gasteiger partial charge in [-0.25, -0.2) is 8.42 Å². The van der Waals surface area contributed by atoms with Crippen LogP contribution < -0.4 is 4.74 Å². The van der Waals surface area contributed by atoms with E-state index >= 15 is 0 Å². The third-order valence-electron chi connectivity index (χ3n) is 5.79. The highest BCUT2D eigenvalue weighted by molar-refractivity contribution is 7.92. The molecule has 1 saturated heterocycles. The average molecular weight is 427 g/mol. The Balaban J connectivity index is 1.50. The van der Waals surface area contributed by atoms with Crippen LogP contribution in [-0.2, 0) is 16.3 Å². The fraction of sp³-hybridized carbons (Fsp3) is 0.458. The molecule has 0 radical (unpaired) electrons. The van der Waals surface area contributed by atoms with Crippen LogP contribution in [-0.4, -0.2) is 44.3 Å². The quantitative estimate of drug-likeness (QED) is 0.636. The SMILES string of the molecule is CC(C)S(=O)(=O)c1ccc(OC[C@H]2C[C@@H](C)N(CCc3cccc(C#N)c3)C2)cc1. The second kappa shape index (κ2) is 9.63. The van der Waals surface area contributed by atoms with Crippen molar-refractivity contribution in [3.8, 4) is 11.8 Å². The van der Waals surface area contributed by atoms with Gasteiger partial charge in [-0.15, -0.1) is 0 Å². The Kier molecular flexibility index (Phi) is 7.17. The lowest BCUT2D eigenvalue weighted by Crippen LogP contribution is -2.29. The van der Waals surface area contributed by atoms with Crippen LogP contribution in [0.3, 0.4) is 0 Å². The third-order valence-corrected chi connectivity index (χ3v) is 7.96. The van der Waals surface area contributed by atoms with E-state index in [1.807, 2.05) is 18.2 Å². The van der Waals surface area contributed by atoms with Gasteiger partial charge in [-0.1, -0.05) is 12.1 Å². The number of rotatable bonds is 8. The molecule has 0 spiro atoms. The van der Waals surface area contributed by atoms with Crippen molar-refractivity contribution in [1.29, 1.82) is 5.26 Å². The molecule has 30 heavy (non-hydrogen) atoms.